The minimum absolute atomic E-state index is 0.193. The van der Waals surface area contributed by atoms with Gasteiger partial charge in [0.15, 0.2) is 9.14 Å². The van der Waals surface area contributed by atoms with E-state index in [2.05, 4.69) is 15.2 Å². The third kappa shape index (κ3) is 4.44. The molecule has 0 saturated heterocycles. The average Bonchev–Trinajstić information content (AvgIpc) is 3.17. The van der Waals surface area contributed by atoms with Crippen molar-refractivity contribution in [3.05, 3.63) is 51.2 Å². The Morgan fingerprint density at radius 2 is 2.21 bits per heavy atom. The van der Waals surface area contributed by atoms with E-state index in [0.717, 1.165) is 5.56 Å². The first-order valence-corrected chi connectivity index (χ1v) is 9.84. The molecule has 0 aliphatic rings. The van der Waals surface area contributed by atoms with E-state index in [9.17, 15) is 4.79 Å². The van der Waals surface area contributed by atoms with Gasteiger partial charge in [0.1, 0.15) is 0 Å². The zero-order valence-electron chi connectivity index (χ0n) is 12.3. The van der Waals surface area contributed by atoms with Crippen molar-refractivity contribution in [2.75, 3.05) is 11.5 Å². The van der Waals surface area contributed by atoms with Gasteiger partial charge in [0, 0.05) is 16.6 Å². The van der Waals surface area contributed by atoms with Gasteiger partial charge in [-0.05, 0) is 11.6 Å². The van der Waals surface area contributed by atoms with E-state index >= 15 is 0 Å². The molecular formula is C14H12ClN5OS3. The number of halogens is 1. The Hall–Kier alpha value is -1.68. The molecule has 0 fully saturated rings. The number of anilines is 1. The molecule has 1 aromatic carbocycles. The molecule has 1 amide bonds. The van der Waals surface area contributed by atoms with Crippen LogP contribution in [0.4, 0.5) is 5.13 Å². The molecular weight excluding hydrogens is 386 g/mol. The van der Waals surface area contributed by atoms with E-state index in [1.807, 2.05) is 40.4 Å². The Morgan fingerprint density at radius 3 is 2.96 bits per heavy atom. The number of nitrogens with two attached hydrogens (primary N) is 1. The lowest BCUT2D eigenvalue weighted by molar-refractivity contribution is -0.115. The molecule has 6 nitrogen and oxygen atoms in total. The third-order valence-electron chi connectivity index (χ3n) is 2.92. The third-order valence-corrected chi connectivity index (χ3v) is 5.95. The van der Waals surface area contributed by atoms with Gasteiger partial charge < -0.3 is 10.3 Å². The number of carbonyl (C=O) groups is 1. The van der Waals surface area contributed by atoms with Crippen molar-refractivity contribution in [1.29, 1.82) is 0 Å². The van der Waals surface area contributed by atoms with Crippen LogP contribution in [0.25, 0.3) is 0 Å². The van der Waals surface area contributed by atoms with Crippen LogP contribution in [0.5, 0.6) is 0 Å². The minimum atomic E-state index is -0.232. The van der Waals surface area contributed by atoms with Crippen LogP contribution in [-0.4, -0.2) is 26.4 Å². The zero-order chi connectivity index (χ0) is 16.9. The number of benzene rings is 1. The van der Waals surface area contributed by atoms with Gasteiger partial charge in [-0.15, -0.1) is 21.5 Å². The van der Waals surface area contributed by atoms with Crippen LogP contribution in [0.1, 0.15) is 5.56 Å². The van der Waals surface area contributed by atoms with Crippen LogP contribution < -0.4 is 10.5 Å². The molecule has 0 unspecified atom stereocenters. The molecule has 0 saturated carbocycles. The highest BCUT2D eigenvalue weighted by Crippen LogP contribution is 2.23. The second-order valence-electron chi connectivity index (χ2n) is 4.61. The summed E-state index contributed by atoms with van der Waals surface area (Å²) in [6.07, 6.45) is 1.89. The minimum Gasteiger partial charge on any atom is -0.374 e. The fourth-order valence-corrected chi connectivity index (χ4v) is 4.22. The van der Waals surface area contributed by atoms with Crippen molar-refractivity contribution in [2.45, 2.75) is 10.9 Å². The Kier molecular flexibility index (Phi) is 5.67. The molecule has 2 N–H and O–H groups in total. The second-order valence-corrected chi connectivity index (χ2v) is 8.12. The average molecular weight is 398 g/mol. The first-order valence-electron chi connectivity index (χ1n) is 6.78. The van der Waals surface area contributed by atoms with Gasteiger partial charge in [0.05, 0.1) is 12.3 Å². The molecule has 3 rings (SSSR count). The number of amides is 1. The zero-order valence-corrected chi connectivity index (χ0v) is 15.5. The van der Waals surface area contributed by atoms with Crippen LogP contribution in [-0.2, 0) is 11.3 Å². The second kappa shape index (κ2) is 7.93. The molecule has 124 valence electrons. The number of nitrogen functional groups attached to an aromatic ring is 1. The van der Waals surface area contributed by atoms with E-state index in [-0.39, 0.29) is 11.7 Å². The number of thiazole rings is 1. The Balaban J connectivity index is 1.70. The number of rotatable bonds is 5. The summed E-state index contributed by atoms with van der Waals surface area (Å²) in [4.78, 5) is 16.9. The summed E-state index contributed by atoms with van der Waals surface area (Å²) in [6, 6.07) is 7.61. The van der Waals surface area contributed by atoms with Crippen molar-refractivity contribution < 1.29 is 4.79 Å². The molecule has 0 bridgehead atoms. The lowest BCUT2D eigenvalue weighted by Gasteiger charge is -2.05. The highest BCUT2D eigenvalue weighted by Gasteiger charge is 2.07. The van der Waals surface area contributed by atoms with Crippen LogP contribution in [0.3, 0.4) is 0 Å². The smallest absolute Gasteiger partial charge is 0.258 e. The number of aromatic nitrogens is 3. The fourth-order valence-electron chi connectivity index (χ4n) is 1.86. The molecule has 3 aromatic rings. The molecule has 0 radical (unpaired) electrons. The molecule has 0 aliphatic heterocycles. The molecule has 0 spiro atoms. The Morgan fingerprint density at radius 1 is 1.38 bits per heavy atom. The molecule has 2 heterocycles. The van der Waals surface area contributed by atoms with Gasteiger partial charge in [-0.3, -0.25) is 4.79 Å². The van der Waals surface area contributed by atoms with E-state index in [1.54, 1.807) is 0 Å². The quantitative estimate of drug-likeness (QED) is 0.669. The fraction of sp³-hybridized carbons (Fsp3) is 0.143. The summed E-state index contributed by atoms with van der Waals surface area (Å²) >= 11 is 10.1. The number of hydrogen-bond donors (Lipinski definition) is 1. The van der Waals surface area contributed by atoms with E-state index in [1.165, 1.54) is 34.4 Å². The number of hydrogen-bond acceptors (Lipinski definition) is 7. The van der Waals surface area contributed by atoms with Gasteiger partial charge in [-0.2, -0.15) is 4.99 Å². The SMILES string of the molecule is Nc1nnc(SCC(=O)N=c2sccn2Cc2ccccc2Cl)s1. The van der Waals surface area contributed by atoms with Crippen molar-refractivity contribution in [3.63, 3.8) is 0 Å². The molecule has 0 atom stereocenters. The van der Waals surface area contributed by atoms with Crippen molar-refractivity contribution in [2.24, 2.45) is 4.99 Å². The summed E-state index contributed by atoms with van der Waals surface area (Å²) in [7, 11) is 0. The van der Waals surface area contributed by atoms with Crippen LogP contribution >= 0.6 is 46.0 Å². The largest absolute Gasteiger partial charge is 0.374 e. The lowest BCUT2D eigenvalue weighted by Crippen LogP contribution is -2.17. The summed E-state index contributed by atoms with van der Waals surface area (Å²) in [5, 5.41) is 10.5. The van der Waals surface area contributed by atoms with Gasteiger partial charge in [0.25, 0.3) is 5.91 Å². The summed E-state index contributed by atoms with van der Waals surface area (Å²) in [5.74, 6) is -0.0392. The first-order chi connectivity index (χ1) is 11.6. The molecule has 10 heteroatoms. The topological polar surface area (TPSA) is 86.2 Å². The lowest BCUT2D eigenvalue weighted by atomic mass is 10.2. The van der Waals surface area contributed by atoms with E-state index in [0.29, 0.717) is 25.8 Å². The highest BCUT2D eigenvalue weighted by molar-refractivity contribution is 8.01. The van der Waals surface area contributed by atoms with Crippen molar-refractivity contribution in [1.82, 2.24) is 14.8 Å². The predicted octanol–water partition coefficient (Wildman–Crippen LogP) is 2.90. The number of carbonyl (C=O) groups excluding carboxylic acids is 1. The highest BCUT2D eigenvalue weighted by atomic mass is 35.5. The maximum atomic E-state index is 12.1. The predicted molar refractivity (Wildman–Crippen MR) is 98.5 cm³/mol. The molecule has 0 aliphatic carbocycles. The van der Waals surface area contributed by atoms with Gasteiger partial charge in [-0.25, -0.2) is 0 Å². The Bertz CT molecular complexity index is 917. The van der Waals surface area contributed by atoms with Gasteiger partial charge >= 0.3 is 0 Å². The van der Waals surface area contributed by atoms with Crippen LogP contribution in [0.2, 0.25) is 5.02 Å². The number of nitrogens with zero attached hydrogens (tertiary/aromatic N) is 4. The van der Waals surface area contributed by atoms with Gasteiger partial charge in [0.2, 0.25) is 5.13 Å². The maximum Gasteiger partial charge on any atom is 0.258 e. The van der Waals surface area contributed by atoms with E-state index in [4.69, 9.17) is 17.3 Å². The van der Waals surface area contributed by atoms with Crippen molar-refractivity contribution in [3.8, 4) is 0 Å². The maximum absolute atomic E-state index is 12.1. The Labute approximate surface area is 155 Å². The van der Waals surface area contributed by atoms with Crippen molar-refractivity contribution >= 4 is 57.1 Å². The van der Waals surface area contributed by atoms with E-state index < -0.39 is 0 Å². The molecule has 24 heavy (non-hydrogen) atoms. The monoisotopic (exact) mass is 397 g/mol. The van der Waals surface area contributed by atoms with Crippen LogP contribution in [0, 0.1) is 0 Å². The van der Waals surface area contributed by atoms with Crippen LogP contribution in [0.15, 0.2) is 45.2 Å². The summed E-state index contributed by atoms with van der Waals surface area (Å²) in [6.45, 7) is 0.565. The number of thioether (sulfide) groups is 1. The summed E-state index contributed by atoms with van der Waals surface area (Å²) < 4.78 is 2.56. The normalized spacial score (nSPS) is 11.8. The summed E-state index contributed by atoms with van der Waals surface area (Å²) in [5.41, 5.74) is 6.49. The first kappa shape index (κ1) is 17.2. The standard InChI is InChI=1S/C14H12ClN5OS3/c15-10-4-2-1-3-9(10)7-20-5-6-22-13(20)17-11(21)8-23-14-19-18-12(16)24-14/h1-6H,7-8H2,(H2,16,18). The molecule has 2 aromatic heterocycles. The van der Waals surface area contributed by atoms with Gasteiger partial charge in [-0.1, -0.05) is 52.9 Å².